The number of hydrogen-bond donors (Lipinski definition) is 4. The van der Waals surface area contributed by atoms with E-state index in [1.807, 2.05) is 165 Å². The van der Waals surface area contributed by atoms with Gasteiger partial charge in [-0.25, -0.2) is 9.97 Å². The molecule has 14 rings (SSSR count). The van der Waals surface area contributed by atoms with Crippen LogP contribution in [0, 0.1) is 18.3 Å². The molecule has 0 fully saturated rings. The molecule has 0 saturated carbocycles. The summed E-state index contributed by atoms with van der Waals surface area (Å²) in [5.41, 5.74) is 13.7. The third-order valence-corrected chi connectivity index (χ3v) is 13.3. The zero-order valence-corrected chi connectivity index (χ0v) is 47.8. The molecule has 0 saturated heterocycles. The lowest BCUT2D eigenvalue weighted by atomic mass is 10.1. The monoisotopic (exact) mass is 1180 g/mol. The molecule has 0 bridgehead atoms. The summed E-state index contributed by atoms with van der Waals surface area (Å²) in [6, 6.07) is 54.6. The topological polar surface area (TPSA) is 256 Å². The first-order valence-corrected chi connectivity index (χ1v) is 27.1. The molecule has 0 radical (unpaired) electrons. The van der Waals surface area contributed by atoms with Crippen LogP contribution in [0.3, 0.4) is 0 Å². The molecule has 0 unspecified atom stereocenters. The van der Waals surface area contributed by atoms with Crippen molar-refractivity contribution in [3.05, 3.63) is 223 Å². The Morgan fingerprint density at radius 3 is 1.55 bits per heavy atom. The van der Waals surface area contributed by atoms with E-state index in [1.54, 1.807) is 51.9 Å². The van der Waals surface area contributed by atoms with Crippen molar-refractivity contribution >= 4 is 103 Å². The molecular weight excluding hydrogens is 1130 g/mol. The number of oxazole rings is 6. The van der Waals surface area contributed by atoms with Crippen molar-refractivity contribution in [2.75, 3.05) is 42.6 Å². The van der Waals surface area contributed by atoms with Crippen LogP contribution >= 0.6 is 11.6 Å². The van der Waals surface area contributed by atoms with Crippen LogP contribution in [-0.2, 0) is 6.42 Å². The molecule has 0 amide bonds. The van der Waals surface area contributed by atoms with Crippen LogP contribution in [-0.4, -0.2) is 51.2 Å². The second kappa shape index (κ2) is 26.6. The lowest BCUT2D eigenvalue weighted by Crippen LogP contribution is -1.93. The van der Waals surface area contributed by atoms with Gasteiger partial charge in [-0.2, -0.15) is 25.2 Å². The van der Waals surface area contributed by atoms with Crippen LogP contribution in [0.5, 0.6) is 17.2 Å². The van der Waals surface area contributed by atoms with Crippen molar-refractivity contribution in [2.24, 2.45) is 0 Å². The second-order valence-electron chi connectivity index (χ2n) is 18.8. The maximum absolute atomic E-state index is 8.81. The Balaban J connectivity index is 0.000000121. The molecule has 8 aromatic carbocycles. The summed E-state index contributed by atoms with van der Waals surface area (Å²) in [6.45, 7) is 5.80. The minimum Gasteiger partial charge on any atom is -0.497 e. The number of anilines is 8. The number of nitriles is 1. The molecule has 0 aliphatic heterocycles. The van der Waals surface area contributed by atoms with Crippen molar-refractivity contribution in [3.8, 4) is 46.0 Å². The van der Waals surface area contributed by atoms with E-state index in [0.717, 1.165) is 96.0 Å². The van der Waals surface area contributed by atoms with Gasteiger partial charge in [-0.15, -0.1) is 6.58 Å². The first-order valence-electron chi connectivity index (χ1n) is 26.8. The average molecular weight is 1180 g/mol. The van der Waals surface area contributed by atoms with E-state index >= 15 is 0 Å². The Labute approximate surface area is 501 Å². The molecule has 6 aromatic heterocycles. The molecule has 0 aliphatic carbocycles. The first-order chi connectivity index (χ1) is 42.6. The molecule has 14 aromatic rings. The fraction of sp³-hybridized carbons (Fsp3) is 0.0758. The number of aromatic nitrogens is 6. The zero-order chi connectivity index (χ0) is 60.1. The van der Waals surface area contributed by atoms with Crippen molar-refractivity contribution in [3.63, 3.8) is 0 Å². The standard InChI is InChI=1S/C20H17N3O3.C18H15N3O3.C14H8ClN3O.C14H12N2O2/c1-3-5-13-6-4-7-16-19(13)26-20(23-16)22-14-8-9-15(17(10-14)24-2)18-11-21-12-25-18;1-11-3-6-15-14(7-11)21-18(24-15)20-12-4-5-13(16(8-12)22-2)17-9-19-10-23-17;15-11-7-10(6-5-9(11)8-16)17-14-18-12-3-1-2-4-13(12)19-14;1-17-11-6-4-5-10(9-11)15-14-16-12-7-2-3-8-13(12)18-14/h3-4,6-12H,1,5H2,2H3,(H,22,23);3-10H,1-2H3,(H,20,21);1-7H,(H,17,18);2-9H,1H3,(H,15,16). The maximum Gasteiger partial charge on any atom is 0.300 e. The predicted molar refractivity (Wildman–Crippen MR) is 334 cm³/mol. The van der Waals surface area contributed by atoms with Crippen LogP contribution in [0.4, 0.5) is 46.8 Å². The van der Waals surface area contributed by atoms with Gasteiger partial charge in [0.15, 0.2) is 46.6 Å². The van der Waals surface area contributed by atoms with E-state index in [1.165, 1.54) is 12.8 Å². The number of nitrogens with one attached hydrogen (secondary N) is 4. The van der Waals surface area contributed by atoms with Crippen molar-refractivity contribution in [2.45, 2.75) is 13.3 Å². The van der Waals surface area contributed by atoms with Crippen molar-refractivity contribution in [1.82, 2.24) is 29.9 Å². The molecule has 4 N–H and O–H groups in total. The minimum atomic E-state index is 0.391. The summed E-state index contributed by atoms with van der Waals surface area (Å²) in [4.78, 5) is 25.5. The van der Waals surface area contributed by atoms with Gasteiger partial charge in [0, 0.05) is 46.5 Å². The fourth-order valence-electron chi connectivity index (χ4n) is 8.84. The van der Waals surface area contributed by atoms with E-state index in [4.69, 9.17) is 57.6 Å². The summed E-state index contributed by atoms with van der Waals surface area (Å²) in [6.07, 6.45) is 8.64. The van der Waals surface area contributed by atoms with Gasteiger partial charge in [-0.1, -0.05) is 66.2 Å². The van der Waals surface area contributed by atoms with Gasteiger partial charge in [0.2, 0.25) is 0 Å². The largest absolute Gasteiger partial charge is 0.497 e. The lowest BCUT2D eigenvalue weighted by molar-refractivity contribution is 0.414. The number of hydrogen-bond acceptors (Lipinski definition) is 20. The number of aryl methyl sites for hydroxylation is 1. The number of rotatable bonds is 15. The Morgan fingerprint density at radius 1 is 0.517 bits per heavy atom. The summed E-state index contributed by atoms with van der Waals surface area (Å²) in [5.74, 6) is 3.41. The summed E-state index contributed by atoms with van der Waals surface area (Å²) >= 11 is 5.96. The van der Waals surface area contributed by atoms with Crippen LogP contribution in [0.25, 0.3) is 67.0 Å². The third-order valence-electron chi connectivity index (χ3n) is 13.0. The van der Waals surface area contributed by atoms with E-state index in [2.05, 4.69) is 57.7 Å². The van der Waals surface area contributed by atoms with Gasteiger partial charge in [0.05, 0.1) is 55.4 Å². The molecule has 0 atom stereocenters. The Bertz CT molecular complexity index is 4620. The number of nitrogens with zero attached hydrogens (tertiary/aromatic N) is 7. The van der Waals surface area contributed by atoms with Gasteiger partial charge in [0.25, 0.3) is 24.1 Å². The lowest BCUT2D eigenvalue weighted by Gasteiger charge is -2.09. The Morgan fingerprint density at radius 2 is 1.02 bits per heavy atom. The number of para-hydroxylation sites is 5. The molecule has 20 nitrogen and oxygen atoms in total. The molecule has 6 heterocycles. The van der Waals surface area contributed by atoms with Gasteiger partial charge in [0.1, 0.15) is 45.4 Å². The Hall–Kier alpha value is -11.8. The number of fused-ring (bicyclic) bond motifs is 4. The van der Waals surface area contributed by atoms with Crippen LogP contribution in [0.15, 0.2) is 228 Å². The Kier molecular flexibility index (Phi) is 17.4. The second-order valence-corrected chi connectivity index (χ2v) is 19.2. The quantitative estimate of drug-likeness (QED) is 0.0696. The highest BCUT2D eigenvalue weighted by Gasteiger charge is 2.16. The highest BCUT2D eigenvalue weighted by molar-refractivity contribution is 6.32. The number of halogens is 1. The van der Waals surface area contributed by atoms with Crippen LogP contribution in [0.2, 0.25) is 5.02 Å². The third kappa shape index (κ3) is 13.8. The van der Waals surface area contributed by atoms with Gasteiger partial charge in [-0.3, -0.25) is 0 Å². The van der Waals surface area contributed by atoms with Gasteiger partial charge in [-0.05, 0) is 116 Å². The smallest absolute Gasteiger partial charge is 0.300 e. The summed E-state index contributed by atoms with van der Waals surface area (Å²) in [5, 5.41) is 21.7. The van der Waals surface area contributed by atoms with Gasteiger partial charge < -0.3 is 62.0 Å². The number of allylic oxidation sites excluding steroid dienone is 1. The normalized spacial score (nSPS) is 10.7. The number of ether oxygens (including phenoxy) is 3. The molecule has 87 heavy (non-hydrogen) atoms. The van der Waals surface area contributed by atoms with Crippen molar-refractivity contribution < 1.29 is 40.7 Å². The average Bonchev–Trinajstić information content (AvgIpc) is 3.56. The van der Waals surface area contributed by atoms with Gasteiger partial charge >= 0.3 is 0 Å². The van der Waals surface area contributed by atoms with Crippen LogP contribution < -0.4 is 35.5 Å². The predicted octanol–water partition coefficient (Wildman–Crippen LogP) is 17.2. The zero-order valence-electron chi connectivity index (χ0n) is 47.1. The number of methoxy groups -OCH3 is 3. The molecule has 0 aliphatic rings. The maximum atomic E-state index is 8.81. The highest BCUT2D eigenvalue weighted by Crippen LogP contribution is 2.36. The van der Waals surface area contributed by atoms with E-state index in [9.17, 15) is 0 Å². The fourth-order valence-corrected chi connectivity index (χ4v) is 9.06. The number of benzene rings is 8. The minimum absolute atomic E-state index is 0.391. The van der Waals surface area contributed by atoms with E-state index in [-0.39, 0.29) is 0 Å². The highest BCUT2D eigenvalue weighted by atomic mass is 35.5. The SMILES string of the molecule is C=CCc1cccc2nc(Nc3ccc(-c4cnco4)c(OC)c3)oc12.COc1cc(Nc2nc3cc(C)ccc3o2)ccc1-c1cnco1.COc1cccc(Nc2nc3ccccc3o2)c1.N#Cc1ccc(Nc2nc3ccccc3o2)cc1Cl. The van der Waals surface area contributed by atoms with Crippen molar-refractivity contribution in [1.29, 1.82) is 5.26 Å². The molecule has 432 valence electrons. The van der Waals surface area contributed by atoms with E-state index < -0.39 is 0 Å². The first kappa shape index (κ1) is 57.0. The molecule has 0 spiro atoms. The summed E-state index contributed by atoms with van der Waals surface area (Å²) in [7, 11) is 4.86. The molecule has 21 heteroatoms. The molecular formula is C66H52ClN11O9. The van der Waals surface area contributed by atoms with Crippen LogP contribution in [0.1, 0.15) is 16.7 Å². The van der Waals surface area contributed by atoms with E-state index in [0.29, 0.717) is 63.2 Å². The summed E-state index contributed by atoms with van der Waals surface area (Å²) < 4.78 is 49.5.